The molecule has 0 saturated heterocycles. The summed E-state index contributed by atoms with van der Waals surface area (Å²) in [5.74, 6) is 3.65. The second-order valence-corrected chi connectivity index (χ2v) is 14.9. The van der Waals surface area contributed by atoms with E-state index in [4.69, 9.17) is 0 Å². The third-order valence-corrected chi connectivity index (χ3v) is 7.42. The molecule has 4 heteroatoms. The number of rotatable bonds is 5. The Morgan fingerprint density at radius 1 is 0.880 bits per heavy atom. The summed E-state index contributed by atoms with van der Waals surface area (Å²) >= 11 is 0. The topological polar surface area (TPSA) is 29.1 Å². The second-order valence-electron chi connectivity index (χ2n) is 7.65. The van der Waals surface area contributed by atoms with E-state index in [9.17, 15) is 4.57 Å². The first-order chi connectivity index (χ1) is 11.7. The molecule has 1 N–H and O–H groups in total. The minimum Gasteiger partial charge on any atom is -0.296 e. The van der Waals surface area contributed by atoms with E-state index < -0.39 is 15.4 Å². The van der Waals surface area contributed by atoms with Crippen molar-refractivity contribution in [1.29, 1.82) is 0 Å². The van der Waals surface area contributed by atoms with Crippen LogP contribution in [0.2, 0.25) is 19.6 Å². The minimum absolute atomic E-state index is 0.113. The van der Waals surface area contributed by atoms with Gasteiger partial charge in [-0.2, -0.15) is 0 Å². The first-order valence-electron chi connectivity index (χ1n) is 8.74. The molecule has 2 aromatic carbocycles. The Morgan fingerprint density at radius 2 is 1.32 bits per heavy atom. The fourth-order valence-corrected chi connectivity index (χ4v) is 5.54. The zero-order valence-corrected chi connectivity index (χ0v) is 17.7. The molecule has 0 aliphatic heterocycles. The third-order valence-electron chi connectivity index (χ3n) is 3.83. The fourth-order valence-electron chi connectivity index (χ4n) is 2.41. The molecule has 0 unspecified atom stereocenters. The van der Waals surface area contributed by atoms with Crippen molar-refractivity contribution >= 4 is 26.0 Å². The monoisotopic (exact) mass is 369 g/mol. The van der Waals surface area contributed by atoms with Gasteiger partial charge in [-0.1, -0.05) is 75.8 Å². The average molecular weight is 370 g/mol. The Morgan fingerprint density at radius 3 is 1.68 bits per heavy atom. The molecular formula is C21H28NOPSi. The summed E-state index contributed by atoms with van der Waals surface area (Å²) in [4.78, 5) is 0. The van der Waals surface area contributed by atoms with Crippen LogP contribution in [0.1, 0.15) is 13.8 Å². The van der Waals surface area contributed by atoms with Gasteiger partial charge in [-0.25, -0.2) is 5.09 Å². The molecule has 0 heterocycles. The second kappa shape index (κ2) is 8.19. The lowest BCUT2D eigenvalue weighted by Crippen LogP contribution is -2.37. The average Bonchev–Trinajstić information content (AvgIpc) is 2.59. The van der Waals surface area contributed by atoms with Gasteiger partial charge in [0.15, 0.2) is 0 Å². The Bertz CT molecular complexity index is 742. The minimum atomic E-state index is -2.95. The van der Waals surface area contributed by atoms with Crippen molar-refractivity contribution < 1.29 is 4.57 Å². The largest absolute Gasteiger partial charge is 0.296 e. The highest BCUT2D eigenvalue weighted by Crippen LogP contribution is 2.39. The Hall–Kier alpha value is -1.59. The van der Waals surface area contributed by atoms with Crippen LogP contribution in [0.15, 0.2) is 60.7 Å². The maximum Gasteiger partial charge on any atom is 0.205 e. The van der Waals surface area contributed by atoms with Crippen molar-refractivity contribution in [2.75, 3.05) is 0 Å². The van der Waals surface area contributed by atoms with Gasteiger partial charge in [-0.3, -0.25) is 4.57 Å². The van der Waals surface area contributed by atoms with Crippen molar-refractivity contribution in [3.8, 4) is 11.5 Å². The molecule has 0 aromatic heterocycles. The molecule has 0 bridgehead atoms. The summed E-state index contributed by atoms with van der Waals surface area (Å²) in [6.07, 6.45) is 0. The summed E-state index contributed by atoms with van der Waals surface area (Å²) in [6.45, 7) is 10.9. The molecule has 25 heavy (non-hydrogen) atoms. The molecule has 1 atom stereocenters. The molecular weight excluding hydrogens is 341 g/mol. The number of hydrogen-bond acceptors (Lipinski definition) is 1. The summed E-state index contributed by atoms with van der Waals surface area (Å²) in [7, 11) is -4.44. The van der Waals surface area contributed by atoms with Crippen LogP contribution < -0.4 is 15.7 Å². The van der Waals surface area contributed by atoms with Gasteiger partial charge < -0.3 is 0 Å². The molecule has 0 aliphatic rings. The van der Waals surface area contributed by atoms with Gasteiger partial charge in [0.2, 0.25) is 7.29 Å². The van der Waals surface area contributed by atoms with E-state index in [-0.39, 0.29) is 12.0 Å². The molecule has 0 aliphatic carbocycles. The molecule has 2 nitrogen and oxygen atoms in total. The molecule has 132 valence electrons. The van der Waals surface area contributed by atoms with Crippen LogP contribution in [0.25, 0.3) is 0 Å². The van der Waals surface area contributed by atoms with Crippen molar-refractivity contribution in [1.82, 2.24) is 5.09 Å². The zero-order chi connectivity index (χ0) is 18.5. The fraction of sp³-hybridized carbons (Fsp3) is 0.333. The van der Waals surface area contributed by atoms with Crippen LogP contribution in [0.5, 0.6) is 0 Å². The zero-order valence-electron chi connectivity index (χ0n) is 15.8. The van der Waals surface area contributed by atoms with Crippen LogP contribution >= 0.6 is 7.29 Å². The van der Waals surface area contributed by atoms with E-state index in [2.05, 4.69) is 50.0 Å². The highest BCUT2D eigenvalue weighted by Gasteiger charge is 2.30. The van der Waals surface area contributed by atoms with Crippen molar-refractivity contribution in [2.45, 2.75) is 39.5 Å². The van der Waals surface area contributed by atoms with E-state index in [0.717, 1.165) is 10.6 Å². The van der Waals surface area contributed by atoms with E-state index >= 15 is 0 Å². The van der Waals surface area contributed by atoms with Crippen molar-refractivity contribution in [3.05, 3.63) is 60.7 Å². The lowest BCUT2D eigenvalue weighted by molar-refractivity contribution is 0.525. The number of nitrogens with one attached hydrogen (secondary N) is 1. The standard InChI is InChI=1S/C21H28NOPSi/c1-18(2)21(16-17-25(3,4)5)22-24(23,19-12-8-6-9-13-19)20-14-10-7-11-15-20/h6-15,18,21H,1-5H3,(H,22,23)/t21-/m1/s1. The van der Waals surface area contributed by atoms with Gasteiger partial charge in [0.1, 0.15) is 8.07 Å². The van der Waals surface area contributed by atoms with Crippen LogP contribution in [0.3, 0.4) is 0 Å². The molecule has 0 spiro atoms. The summed E-state index contributed by atoms with van der Waals surface area (Å²) in [5, 5.41) is 5.08. The molecule has 0 fully saturated rings. The van der Waals surface area contributed by atoms with Crippen LogP contribution in [-0.4, -0.2) is 14.1 Å². The van der Waals surface area contributed by atoms with Crippen LogP contribution in [-0.2, 0) is 4.57 Å². The van der Waals surface area contributed by atoms with Gasteiger partial charge in [-0.05, 0) is 30.2 Å². The molecule has 0 radical (unpaired) electrons. The van der Waals surface area contributed by atoms with Gasteiger partial charge in [0.25, 0.3) is 0 Å². The van der Waals surface area contributed by atoms with Crippen LogP contribution in [0.4, 0.5) is 0 Å². The first-order valence-corrected chi connectivity index (χ1v) is 13.9. The summed E-state index contributed by atoms with van der Waals surface area (Å²) in [5.41, 5.74) is 3.43. The normalized spacial score (nSPS) is 13.2. The molecule has 0 amide bonds. The van der Waals surface area contributed by atoms with Gasteiger partial charge in [0, 0.05) is 10.6 Å². The Kier molecular flexibility index (Phi) is 6.46. The highest BCUT2D eigenvalue weighted by molar-refractivity contribution is 7.77. The van der Waals surface area contributed by atoms with E-state index in [1.807, 2.05) is 60.7 Å². The summed E-state index contributed by atoms with van der Waals surface area (Å²) in [6, 6.07) is 19.3. The Balaban J connectivity index is 2.49. The molecule has 0 saturated carbocycles. The van der Waals surface area contributed by atoms with E-state index in [0.29, 0.717) is 0 Å². The SMILES string of the molecule is CC(C)[C@@H](C#C[Si](C)(C)C)NP(=O)(c1ccccc1)c1ccccc1. The predicted octanol–water partition coefficient (Wildman–Crippen LogP) is 4.41. The van der Waals surface area contributed by atoms with Crippen LogP contribution in [0, 0.1) is 17.4 Å². The Labute approximate surface area is 153 Å². The lowest BCUT2D eigenvalue weighted by atomic mass is 10.1. The van der Waals surface area contributed by atoms with Crippen molar-refractivity contribution in [3.63, 3.8) is 0 Å². The summed E-state index contributed by atoms with van der Waals surface area (Å²) < 4.78 is 14.1. The molecule has 2 aromatic rings. The van der Waals surface area contributed by atoms with Gasteiger partial charge >= 0.3 is 0 Å². The van der Waals surface area contributed by atoms with E-state index in [1.165, 1.54) is 0 Å². The third kappa shape index (κ3) is 5.44. The first kappa shape index (κ1) is 19.7. The maximum absolute atomic E-state index is 14.1. The number of benzene rings is 2. The predicted molar refractivity (Wildman–Crippen MR) is 113 cm³/mol. The van der Waals surface area contributed by atoms with Crippen molar-refractivity contribution in [2.24, 2.45) is 5.92 Å². The van der Waals surface area contributed by atoms with Gasteiger partial charge in [-0.15, -0.1) is 5.54 Å². The van der Waals surface area contributed by atoms with E-state index in [1.54, 1.807) is 0 Å². The highest BCUT2D eigenvalue weighted by atomic mass is 31.2. The molecule has 2 rings (SSSR count). The maximum atomic E-state index is 14.1. The van der Waals surface area contributed by atoms with Gasteiger partial charge in [0.05, 0.1) is 6.04 Å². The number of hydrogen-bond donors (Lipinski definition) is 1. The quantitative estimate of drug-likeness (QED) is 0.480. The smallest absolute Gasteiger partial charge is 0.205 e. The lowest BCUT2D eigenvalue weighted by Gasteiger charge is -2.26.